The Kier molecular flexibility index (Phi) is 4.12. The Bertz CT molecular complexity index is 354. The van der Waals surface area contributed by atoms with Crippen molar-refractivity contribution in [3.05, 3.63) is 22.6 Å². The summed E-state index contributed by atoms with van der Waals surface area (Å²) in [6.45, 7) is 1.93. The average Bonchev–Trinajstić information content (AvgIpc) is 2.51. The third kappa shape index (κ3) is 3.15. The number of pyridine rings is 1. The second-order valence-corrected chi connectivity index (χ2v) is 4.78. The van der Waals surface area contributed by atoms with Crippen molar-refractivity contribution in [2.24, 2.45) is 0 Å². The Balaban J connectivity index is 2.01. The number of aromatic nitrogens is 1. The average molecular weight is 289 g/mol. The number of nitrogens with one attached hydrogen (secondary N) is 1. The largest absolute Gasteiger partial charge is 0.472 e. The summed E-state index contributed by atoms with van der Waals surface area (Å²) in [5.74, 6) is -0.304. The van der Waals surface area contributed by atoms with Gasteiger partial charge in [0, 0.05) is 10.7 Å². The summed E-state index contributed by atoms with van der Waals surface area (Å²) in [6.07, 6.45) is 4.52. The van der Waals surface area contributed by atoms with E-state index in [0.29, 0.717) is 4.47 Å². The normalized spacial score (nSPS) is 21.5. The molecule has 0 aliphatic carbocycles. The van der Waals surface area contributed by atoms with E-state index >= 15 is 0 Å². The summed E-state index contributed by atoms with van der Waals surface area (Å²) in [6, 6.07) is 1.37. The van der Waals surface area contributed by atoms with Crippen LogP contribution in [0.15, 0.2) is 16.7 Å². The molecule has 1 unspecified atom stereocenters. The van der Waals surface area contributed by atoms with Crippen molar-refractivity contribution in [1.82, 2.24) is 10.3 Å². The number of nitrogens with zero attached hydrogens (tertiary/aromatic N) is 1. The molecule has 16 heavy (non-hydrogen) atoms. The molecular formula is C11H14BrFN2O. The van der Waals surface area contributed by atoms with E-state index in [9.17, 15) is 4.39 Å². The van der Waals surface area contributed by atoms with Gasteiger partial charge in [-0.2, -0.15) is 0 Å². The summed E-state index contributed by atoms with van der Waals surface area (Å²) in [7, 11) is 0. The lowest BCUT2D eigenvalue weighted by atomic mass is 10.2. The van der Waals surface area contributed by atoms with Gasteiger partial charge in [0.1, 0.15) is 6.10 Å². The Morgan fingerprint density at radius 1 is 1.44 bits per heavy atom. The van der Waals surface area contributed by atoms with Crippen LogP contribution < -0.4 is 10.1 Å². The third-order valence-electron chi connectivity index (χ3n) is 2.58. The Morgan fingerprint density at radius 2 is 2.31 bits per heavy atom. The van der Waals surface area contributed by atoms with Gasteiger partial charge < -0.3 is 10.1 Å². The number of ether oxygens (including phenoxy) is 1. The van der Waals surface area contributed by atoms with E-state index < -0.39 is 5.82 Å². The smallest absolute Gasteiger partial charge is 0.250 e. The zero-order chi connectivity index (χ0) is 11.4. The monoisotopic (exact) mass is 288 g/mol. The van der Waals surface area contributed by atoms with Crippen LogP contribution in [0.1, 0.15) is 19.3 Å². The van der Waals surface area contributed by atoms with Crippen LogP contribution in [0, 0.1) is 5.82 Å². The number of hydrogen-bond acceptors (Lipinski definition) is 3. The Morgan fingerprint density at radius 3 is 3.12 bits per heavy atom. The van der Waals surface area contributed by atoms with Crippen molar-refractivity contribution in [3.8, 4) is 5.88 Å². The van der Waals surface area contributed by atoms with Gasteiger partial charge in [0.2, 0.25) is 0 Å². The topological polar surface area (TPSA) is 34.1 Å². The van der Waals surface area contributed by atoms with Crippen molar-refractivity contribution >= 4 is 15.9 Å². The van der Waals surface area contributed by atoms with Crippen molar-refractivity contribution in [1.29, 1.82) is 0 Å². The summed E-state index contributed by atoms with van der Waals surface area (Å²) in [5.41, 5.74) is 0. The molecule has 5 heteroatoms. The van der Waals surface area contributed by atoms with Crippen LogP contribution in [-0.2, 0) is 0 Å². The van der Waals surface area contributed by atoms with Gasteiger partial charge in [0.25, 0.3) is 5.88 Å². The summed E-state index contributed by atoms with van der Waals surface area (Å²) in [4.78, 5) is 3.94. The molecule has 1 aliphatic heterocycles. The molecule has 1 aromatic heterocycles. The van der Waals surface area contributed by atoms with Crippen LogP contribution in [0.3, 0.4) is 0 Å². The first-order chi connectivity index (χ1) is 7.75. The van der Waals surface area contributed by atoms with Gasteiger partial charge in [-0.05, 0) is 54.3 Å². The molecule has 0 amide bonds. The van der Waals surface area contributed by atoms with E-state index in [1.54, 1.807) is 6.20 Å². The first-order valence-corrected chi connectivity index (χ1v) is 6.23. The Labute approximate surface area is 103 Å². The van der Waals surface area contributed by atoms with Crippen LogP contribution in [0.4, 0.5) is 4.39 Å². The lowest BCUT2D eigenvalue weighted by Crippen LogP contribution is -2.20. The first-order valence-electron chi connectivity index (χ1n) is 5.44. The van der Waals surface area contributed by atoms with Crippen molar-refractivity contribution in [2.75, 3.05) is 13.1 Å². The van der Waals surface area contributed by atoms with E-state index in [1.807, 2.05) is 0 Å². The minimum atomic E-state index is -0.411. The van der Waals surface area contributed by atoms with Crippen LogP contribution in [0.2, 0.25) is 0 Å². The van der Waals surface area contributed by atoms with Crippen molar-refractivity contribution < 1.29 is 9.13 Å². The molecule has 0 aromatic carbocycles. The lowest BCUT2D eigenvalue weighted by Gasteiger charge is -2.16. The lowest BCUT2D eigenvalue weighted by molar-refractivity contribution is 0.171. The van der Waals surface area contributed by atoms with Gasteiger partial charge in [0.15, 0.2) is 5.82 Å². The zero-order valence-electron chi connectivity index (χ0n) is 8.88. The maximum absolute atomic E-state index is 13.5. The molecule has 1 aromatic rings. The molecule has 0 bridgehead atoms. The van der Waals surface area contributed by atoms with E-state index in [2.05, 4.69) is 26.2 Å². The molecule has 3 nitrogen and oxygen atoms in total. The van der Waals surface area contributed by atoms with Gasteiger partial charge in [0.05, 0.1) is 0 Å². The molecule has 1 fully saturated rings. The van der Waals surface area contributed by atoms with Crippen molar-refractivity contribution in [2.45, 2.75) is 25.4 Å². The van der Waals surface area contributed by atoms with Crippen LogP contribution >= 0.6 is 15.9 Å². The summed E-state index contributed by atoms with van der Waals surface area (Å²) < 4.78 is 19.7. The molecule has 0 saturated carbocycles. The van der Waals surface area contributed by atoms with Crippen LogP contribution in [0.5, 0.6) is 5.88 Å². The van der Waals surface area contributed by atoms with E-state index in [0.717, 1.165) is 32.4 Å². The fourth-order valence-electron chi connectivity index (χ4n) is 1.75. The minimum Gasteiger partial charge on any atom is -0.472 e. The highest BCUT2D eigenvalue weighted by molar-refractivity contribution is 9.10. The maximum Gasteiger partial charge on any atom is 0.250 e. The highest BCUT2D eigenvalue weighted by Crippen LogP contribution is 2.21. The Hall–Kier alpha value is -0.680. The van der Waals surface area contributed by atoms with E-state index in [1.165, 1.54) is 6.07 Å². The molecule has 2 heterocycles. The van der Waals surface area contributed by atoms with Gasteiger partial charge in [-0.1, -0.05) is 0 Å². The zero-order valence-corrected chi connectivity index (χ0v) is 10.5. The highest BCUT2D eigenvalue weighted by atomic mass is 79.9. The van der Waals surface area contributed by atoms with Crippen LogP contribution in [-0.4, -0.2) is 24.2 Å². The van der Waals surface area contributed by atoms with E-state index in [-0.39, 0.29) is 12.0 Å². The molecule has 0 radical (unpaired) electrons. The molecular weight excluding hydrogens is 275 g/mol. The van der Waals surface area contributed by atoms with Gasteiger partial charge in [-0.3, -0.25) is 0 Å². The van der Waals surface area contributed by atoms with Crippen molar-refractivity contribution in [3.63, 3.8) is 0 Å². The fraction of sp³-hybridized carbons (Fsp3) is 0.545. The number of halogens is 2. The fourth-order valence-corrected chi connectivity index (χ4v) is 2.05. The van der Waals surface area contributed by atoms with Gasteiger partial charge in [-0.25, -0.2) is 9.37 Å². The third-order valence-corrected chi connectivity index (χ3v) is 3.01. The minimum absolute atomic E-state index is 0.0678. The molecule has 1 N–H and O–H groups in total. The second kappa shape index (κ2) is 5.59. The molecule has 88 valence electrons. The summed E-state index contributed by atoms with van der Waals surface area (Å²) >= 11 is 3.17. The quantitative estimate of drug-likeness (QED) is 0.908. The second-order valence-electron chi connectivity index (χ2n) is 3.86. The highest BCUT2D eigenvalue weighted by Gasteiger charge is 2.16. The molecule has 1 atom stereocenters. The number of rotatable bonds is 2. The van der Waals surface area contributed by atoms with Crippen LogP contribution in [0.25, 0.3) is 0 Å². The first kappa shape index (κ1) is 11.8. The standard InChI is InChI=1S/C11H14BrFN2O/c12-8-6-10(13)11(15-7-8)16-9-2-1-4-14-5-3-9/h6-7,9,14H,1-5H2. The molecule has 1 saturated heterocycles. The molecule has 2 rings (SSSR count). The predicted molar refractivity (Wildman–Crippen MR) is 63.0 cm³/mol. The SMILES string of the molecule is Fc1cc(Br)cnc1OC1CCCNCC1. The molecule has 1 aliphatic rings. The number of hydrogen-bond donors (Lipinski definition) is 1. The van der Waals surface area contributed by atoms with Gasteiger partial charge >= 0.3 is 0 Å². The maximum atomic E-state index is 13.5. The van der Waals surface area contributed by atoms with Gasteiger partial charge in [-0.15, -0.1) is 0 Å². The van der Waals surface area contributed by atoms with E-state index in [4.69, 9.17) is 4.74 Å². The molecule has 0 spiro atoms. The predicted octanol–water partition coefficient (Wildman–Crippen LogP) is 2.50. The summed E-state index contributed by atoms with van der Waals surface area (Å²) in [5, 5.41) is 3.29.